The van der Waals surface area contributed by atoms with Crippen LogP contribution in [0.2, 0.25) is 5.02 Å². The van der Waals surface area contributed by atoms with Gasteiger partial charge in [0.05, 0.1) is 18.7 Å². The normalized spacial score (nSPS) is 10.4. The largest absolute Gasteiger partial charge is 0.495 e. The average Bonchev–Trinajstić information content (AvgIpc) is 2.65. The van der Waals surface area contributed by atoms with E-state index in [0.717, 1.165) is 5.56 Å². The lowest BCUT2D eigenvalue weighted by atomic mass is 10.2. The molecule has 6 heteroatoms. The summed E-state index contributed by atoms with van der Waals surface area (Å²) < 4.78 is 7.51. The number of ether oxygens (including phenoxy) is 1. The van der Waals surface area contributed by atoms with Crippen LogP contribution in [0.25, 0.3) is 0 Å². The Morgan fingerprint density at radius 3 is 2.88 bits per heavy atom. The number of aromatic nitrogens is 3. The van der Waals surface area contributed by atoms with E-state index in [-0.39, 0.29) is 0 Å². The van der Waals surface area contributed by atoms with Crippen molar-refractivity contribution in [3.63, 3.8) is 0 Å². The molecule has 0 aliphatic rings. The Balaban J connectivity index is 2.23. The molecular weight excluding hydrogens is 293 g/mol. The van der Waals surface area contributed by atoms with Crippen molar-refractivity contribution in [1.82, 2.24) is 14.8 Å². The highest BCUT2D eigenvalue weighted by Gasteiger charge is 2.05. The first-order chi connectivity index (χ1) is 7.70. The fourth-order valence-corrected chi connectivity index (χ4v) is 1.93. The summed E-state index contributed by atoms with van der Waals surface area (Å²) >= 11 is 9.33. The van der Waals surface area contributed by atoms with Crippen molar-refractivity contribution in [2.24, 2.45) is 0 Å². The third-order valence-electron chi connectivity index (χ3n) is 2.12. The molecule has 0 radical (unpaired) electrons. The zero-order chi connectivity index (χ0) is 11.5. The number of halogens is 2. The maximum atomic E-state index is 6.03. The van der Waals surface area contributed by atoms with E-state index < -0.39 is 0 Å². The molecule has 4 nitrogen and oxygen atoms in total. The zero-order valence-electron chi connectivity index (χ0n) is 8.52. The van der Waals surface area contributed by atoms with E-state index in [9.17, 15) is 0 Å². The lowest BCUT2D eigenvalue weighted by molar-refractivity contribution is 0.415. The van der Waals surface area contributed by atoms with Crippen molar-refractivity contribution in [2.75, 3.05) is 7.11 Å². The molecule has 2 aromatic rings. The molecule has 2 rings (SSSR count). The first-order valence-corrected chi connectivity index (χ1v) is 5.73. The molecule has 0 unspecified atom stereocenters. The van der Waals surface area contributed by atoms with E-state index in [4.69, 9.17) is 16.3 Å². The number of hydrogen-bond acceptors (Lipinski definition) is 3. The predicted octanol–water partition coefficient (Wildman–Crippen LogP) is 2.75. The maximum Gasteiger partial charge on any atom is 0.195 e. The quantitative estimate of drug-likeness (QED) is 0.875. The zero-order valence-corrected chi connectivity index (χ0v) is 10.9. The SMILES string of the molecule is COc1ccc(Cn2ncnc2Br)cc1Cl. The van der Waals surface area contributed by atoms with Crippen LogP contribution in [0.3, 0.4) is 0 Å². The van der Waals surface area contributed by atoms with Crippen LogP contribution in [0.15, 0.2) is 29.3 Å². The van der Waals surface area contributed by atoms with Crippen LogP contribution < -0.4 is 4.74 Å². The number of hydrogen-bond donors (Lipinski definition) is 0. The molecule has 0 amide bonds. The van der Waals surface area contributed by atoms with Gasteiger partial charge in [0.2, 0.25) is 0 Å². The smallest absolute Gasteiger partial charge is 0.195 e. The molecule has 84 valence electrons. The lowest BCUT2D eigenvalue weighted by Crippen LogP contribution is -2.02. The van der Waals surface area contributed by atoms with Gasteiger partial charge >= 0.3 is 0 Å². The van der Waals surface area contributed by atoms with Crippen LogP contribution in [0.4, 0.5) is 0 Å². The number of benzene rings is 1. The van der Waals surface area contributed by atoms with E-state index >= 15 is 0 Å². The van der Waals surface area contributed by atoms with Gasteiger partial charge in [-0.25, -0.2) is 9.67 Å². The topological polar surface area (TPSA) is 39.9 Å². The number of rotatable bonds is 3. The van der Waals surface area contributed by atoms with Crippen LogP contribution in [0.5, 0.6) is 5.75 Å². The molecular formula is C10H9BrClN3O. The molecule has 0 saturated heterocycles. The summed E-state index contributed by atoms with van der Waals surface area (Å²) in [5.41, 5.74) is 1.04. The summed E-state index contributed by atoms with van der Waals surface area (Å²) in [6.45, 7) is 0.615. The molecule has 0 bridgehead atoms. The summed E-state index contributed by atoms with van der Waals surface area (Å²) in [5, 5.41) is 4.66. The van der Waals surface area contributed by atoms with Crippen molar-refractivity contribution >= 4 is 27.5 Å². The molecule has 1 aromatic heterocycles. The monoisotopic (exact) mass is 301 g/mol. The van der Waals surface area contributed by atoms with E-state index in [1.54, 1.807) is 11.8 Å². The first-order valence-electron chi connectivity index (χ1n) is 4.56. The van der Waals surface area contributed by atoms with E-state index in [1.165, 1.54) is 6.33 Å². The van der Waals surface area contributed by atoms with Crippen molar-refractivity contribution < 1.29 is 4.74 Å². The molecule has 0 N–H and O–H groups in total. The maximum absolute atomic E-state index is 6.03. The van der Waals surface area contributed by atoms with Crippen LogP contribution in [0.1, 0.15) is 5.56 Å². The molecule has 1 aromatic carbocycles. The van der Waals surface area contributed by atoms with Gasteiger partial charge < -0.3 is 4.74 Å². The Bertz CT molecular complexity index is 501. The molecule has 0 fully saturated rings. The molecule has 0 aliphatic carbocycles. The lowest BCUT2D eigenvalue weighted by Gasteiger charge is -2.06. The van der Waals surface area contributed by atoms with Gasteiger partial charge in [0.1, 0.15) is 12.1 Å². The van der Waals surface area contributed by atoms with Gasteiger partial charge in [-0.15, -0.1) is 0 Å². The van der Waals surface area contributed by atoms with Crippen LogP contribution in [-0.2, 0) is 6.54 Å². The van der Waals surface area contributed by atoms with Gasteiger partial charge in [0.25, 0.3) is 0 Å². The molecule has 1 heterocycles. The first kappa shape index (κ1) is 11.4. The van der Waals surface area contributed by atoms with Crippen molar-refractivity contribution in [3.05, 3.63) is 39.8 Å². The minimum absolute atomic E-state index is 0.594. The van der Waals surface area contributed by atoms with Crippen LogP contribution in [0, 0.1) is 0 Å². The van der Waals surface area contributed by atoms with E-state index in [2.05, 4.69) is 26.0 Å². The Morgan fingerprint density at radius 2 is 2.31 bits per heavy atom. The van der Waals surface area contributed by atoms with Gasteiger partial charge in [-0.05, 0) is 33.6 Å². The van der Waals surface area contributed by atoms with Crippen LogP contribution >= 0.6 is 27.5 Å². The second-order valence-electron chi connectivity index (χ2n) is 3.16. The van der Waals surface area contributed by atoms with Gasteiger partial charge in [0.15, 0.2) is 4.73 Å². The summed E-state index contributed by atoms with van der Waals surface area (Å²) in [4.78, 5) is 3.98. The second-order valence-corrected chi connectivity index (χ2v) is 4.27. The Morgan fingerprint density at radius 1 is 1.50 bits per heavy atom. The van der Waals surface area contributed by atoms with Gasteiger partial charge in [-0.1, -0.05) is 17.7 Å². The third-order valence-corrected chi connectivity index (χ3v) is 3.03. The Hall–Kier alpha value is -1.07. The standard InChI is InChI=1S/C10H9BrClN3O/c1-16-9-3-2-7(4-8(9)12)5-15-10(11)13-6-14-15/h2-4,6H,5H2,1H3. The highest BCUT2D eigenvalue weighted by molar-refractivity contribution is 9.10. The second kappa shape index (κ2) is 4.84. The third kappa shape index (κ3) is 2.36. The van der Waals surface area contributed by atoms with Crippen molar-refractivity contribution in [3.8, 4) is 5.75 Å². The van der Waals surface area contributed by atoms with Crippen molar-refractivity contribution in [1.29, 1.82) is 0 Å². The number of nitrogens with zero attached hydrogens (tertiary/aromatic N) is 3. The van der Waals surface area contributed by atoms with Crippen molar-refractivity contribution in [2.45, 2.75) is 6.54 Å². The molecule has 0 aliphatic heterocycles. The van der Waals surface area contributed by atoms with Gasteiger partial charge in [-0.2, -0.15) is 5.10 Å². The summed E-state index contributed by atoms with van der Waals surface area (Å²) in [7, 11) is 1.59. The summed E-state index contributed by atoms with van der Waals surface area (Å²) in [6.07, 6.45) is 1.50. The summed E-state index contributed by atoms with van der Waals surface area (Å²) in [6, 6.07) is 5.63. The average molecular weight is 303 g/mol. The fraction of sp³-hybridized carbons (Fsp3) is 0.200. The summed E-state index contributed by atoms with van der Waals surface area (Å²) in [5.74, 6) is 0.670. The molecule has 0 saturated carbocycles. The van der Waals surface area contributed by atoms with Gasteiger partial charge in [-0.3, -0.25) is 0 Å². The van der Waals surface area contributed by atoms with Crippen LogP contribution in [-0.4, -0.2) is 21.9 Å². The fourth-order valence-electron chi connectivity index (χ4n) is 1.34. The van der Waals surface area contributed by atoms with E-state index in [0.29, 0.717) is 22.1 Å². The number of methoxy groups -OCH3 is 1. The molecule has 0 spiro atoms. The predicted molar refractivity (Wildman–Crippen MR) is 64.8 cm³/mol. The van der Waals surface area contributed by atoms with Gasteiger partial charge in [0, 0.05) is 0 Å². The Labute approximate surface area is 106 Å². The minimum atomic E-state index is 0.594. The highest BCUT2D eigenvalue weighted by Crippen LogP contribution is 2.25. The molecule has 16 heavy (non-hydrogen) atoms. The van der Waals surface area contributed by atoms with E-state index in [1.807, 2.05) is 18.2 Å². The molecule has 0 atom stereocenters. The minimum Gasteiger partial charge on any atom is -0.495 e. The highest BCUT2D eigenvalue weighted by atomic mass is 79.9. The Kier molecular flexibility index (Phi) is 3.46.